The number of carbonyl (C=O) groups excluding carboxylic acids is 1. The summed E-state index contributed by atoms with van der Waals surface area (Å²) in [6.07, 6.45) is 0. The van der Waals surface area contributed by atoms with Gasteiger partial charge in [-0.05, 0) is 36.6 Å². The fraction of sp³-hybridized carbons (Fsp3) is 0.462. The van der Waals surface area contributed by atoms with Gasteiger partial charge >= 0.3 is 5.97 Å². The van der Waals surface area contributed by atoms with Crippen LogP contribution in [0.4, 0.5) is 0 Å². The molecule has 94 valence electrons. The molecular formula is C13H17BrO3. The monoisotopic (exact) mass is 300 g/mol. The van der Waals surface area contributed by atoms with Crippen molar-refractivity contribution < 1.29 is 14.3 Å². The number of hydrogen-bond donors (Lipinski definition) is 0. The zero-order valence-electron chi connectivity index (χ0n) is 10.3. The lowest BCUT2D eigenvalue weighted by Crippen LogP contribution is -2.15. The van der Waals surface area contributed by atoms with E-state index in [0.717, 1.165) is 15.8 Å². The second kappa shape index (κ2) is 6.64. The maximum Gasteiger partial charge on any atom is 0.344 e. The van der Waals surface area contributed by atoms with Crippen LogP contribution in [0.5, 0.6) is 5.75 Å². The molecule has 0 amide bonds. The molecular weight excluding hydrogens is 284 g/mol. The first-order chi connectivity index (χ1) is 8.04. The first kappa shape index (κ1) is 14.0. The third kappa shape index (κ3) is 4.38. The second-order valence-electron chi connectivity index (χ2n) is 3.93. The van der Waals surface area contributed by atoms with Crippen molar-refractivity contribution in [2.75, 3.05) is 13.2 Å². The Kier molecular flexibility index (Phi) is 5.48. The lowest BCUT2D eigenvalue weighted by Gasteiger charge is -2.14. The number of benzene rings is 1. The quantitative estimate of drug-likeness (QED) is 0.781. The van der Waals surface area contributed by atoms with E-state index in [1.165, 1.54) is 0 Å². The molecule has 0 saturated carbocycles. The van der Waals surface area contributed by atoms with Gasteiger partial charge in [-0.3, -0.25) is 0 Å². The van der Waals surface area contributed by atoms with Gasteiger partial charge < -0.3 is 9.47 Å². The molecule has 17 heavy (non-hydrogen) atoms. The molecule has 0 radical (unpaired) electrons. The van der Waals surface area contributed by atoms with Crippen molar-refractivity contribution in [2.45, 2.75) is 26.7 Å². The van der Waals surface area contributed by atoms with Crippen molar-refractivity contribution in [1.82, 2.24) is 0 Å². The van der Waals surface area contributed by atoms with E-state index in [1.54, 1.807) is 6.92 Å². The van der Waals surface area contributed by atoms with Crippen molar-refractivity contribution in [3.63, 3.8) is 0 Å². The first-order valence-corrected chi connectivity index (χ1v) is 6.41. The van der Waals surface area contributed by atoms with Crippen molar-refractivity contribution in [3.8, 4) is 5.75 Å². The van der Waals surface area contributed by atoms with E-state index in [2.05, 4.69) is 29.8 Å². The Morgan fingerprint density at radius 2 is 2.12 bits per heavy atom. The van der Waals surface area contributed by atoms with Crippen LogP contribution in [0.1, 0.15) is 32.3 Å². The Balaban J connectivity index is 2.73. The number of esters is 1. The number of carbonyl (C=O) groups is 1. The highest BCUT2D eigenvalue weighted by Gasteiger charge is 2.10. The van der Waals surface area contributed by atoms with Crippen LogP contribution in [-0.2, 0) is 9.53 Å². The van der Waals surface area contributed by atoms with E-state index in [1.807, 2.05) is 18.2 Å². The molecule has 0 aliphatic heterocycles. The summed E-state index contributed by atoms with van der Waals surface area (Å²) in [6.45, 7) is 6.27. The summed E-state index contributed by atoms with van der Waals surface area (Å²) in [6, 6.07) is 5.76. The van der Waals surface area contributed by atoms with E-state index in [0.29, 0.717) is 12.5 Å². The van der Waals surface area contributed by atoms with Gasteiger partial charge in [-0.15, -0.1) is 0 Å². The molecule has 0 heterocycles. The summed E-state index contributed by atoms with van der Waals surface area (Å²) in [7, 11) is 0. The molecule has 1 rings (SSSR count). The van der Waals surface area contributed by atoms with Crippen molar-refractivity contribution in [1.29, 1.82) is 0 Å². The van der Waals surface area contributed by atoms with Crippen LogP contribution in [0.3, 0.4) is 0 Å². The minimum Gasteiger partial charge on any atom is -0.482 e. The summed E-state index contributed by atoms with van der Waals surface area (Å²) < 4.78 is 11.3. The van der Waals surface area contributed by atoms with Gasteiger partial charge in [0.2, 0.25) is 0 Å². The molecule has 0 atom stereocenters. The largest absolute Gasteiger partial charge is 0.482 e. The molecule has 0 aliphatic carbocycles. The topological polar surface area (TPSA) is 35.5 Å². The molecule has 3 nitrogen and oxygen atoms in total. The zero-order chi connectivity index (χ0) is 12.8. The van der Waals surface area contributed by atoms with Gasteiger partial charge in [0.15, 0.2) is 6.61 Å². The summed E-state index contributed by atoms with van der Waals surface area (Å²) >= 11 is 3.42. The Labute approximate surface area is 110 Å². The van der Waals surface area contributed by atoms with Gasteiger partial charge in [-0.2, -0.15) is 0 Å². The highest BCUT2D eigenvalue weighted by molar-refractivity contribution is 9.10. The van der Waals surface area contributed by atoms with Gasteiger partial charge in [-0.1, -0.05) is 29.8 Å². The smallest absolute Gasteiger partial charge is 0.344 e. The van der Waals surface area contributed by atoms with Crippen molar-refractivity contribution >= 4 is 21.9 Å². The molecule has 1 aromatic carbocycles. The second-order valence-corrected chi connectivity index (χ2v) is 4.85. The molecule has 0 aromatic heterocycles. The predicted molar refractivity (Wildman–Crippen MR) is 70.4 cm³/mol. The molecule has 0 fully saturated rings. The van der Waals surface area contributed by atoms with Gasteiger partial charge in [0, 0.05) is 4.47 Å². The maximum absolute atomic E-state index is 11.2. The van der Waals surface area contributed by atoms with E-state index in [4.69, 9.17) is 9.47 Å². The molecule has 0 unspecified atom stereocenters. The Bertz CT molecular complexity index is 388. The minimum absolute atomic E-state index is 0.0464. The van der Waals surface area contributed by atoms with E-state index < -0.39 is 0 Å². The van der Waals surface area contributed by atoms with Crippen LogP contribution in [0.25, 0.3) is 0 Å². The van der Waals surface area contributed by atoms with E-state index in [-0.39, 0.29) is 12.6 Å². The maximum atomic E-state index is 11.2. The first-order valence-electron chi connectivity index (χ1n) is 5.62. The predicted octanol–water partition coefficient (Wildman–Crippen LogP) is 3.51. The number of ether oxygens (including phenoxy) is 2. The third-order valence-corrected chi connectivity index (χ3v) is 2.74. The summed E-state index contributed by atoms with van der Waals surface area (Å²) in [5.74, 6) is 0.728. The highest BCUT2D eigenvalue weighted by Crippen LogP contribution is 2.29. The standard InChI is InChI=1S/C13H17BrO3/c1-4-16-13(15)8-17-12-6-5-10(14)7-11(12)9(2)3/h5-7,9H,4,8H2,1-3H3. The zero-order valence-corrected chi connectivity index (χ0v) is 11.9. The highest BCUT2D eigenvalue weighted by atomic mass is 79.9. The SMILES string of the molecule is CCOC(=O)COc1ccc(Br)cc1C(C)C. The molecule has 4 heteroatoms. The summed E-state index contributed by atoms with van der Waals surface area (Å²) in [4.78, 5) is 11.2. The molecule has 0 bridgehead atoms. The summed E-state index contributed by atoms with van der Waals surface area (Å²) in [5.41, 5.74) is 1.07. The third-order valence-electron chi connectivity index (χ3n) is 2.24. The lowest BCUT2D eigenvalue weighted by atomic mass is 10.0. The van der Waals surface area contributed by atoms with Crippen molar-refractivity contribution in [3.05, 3.63) is 28.2 Å². The molecule has 0 N–H and O–H groups in total. The fourth-order valence-electron chi connectivity index (χ4n) is 1.44. The van der Waals surface area contributed by atoms with Gasteiger partial charge in [0.05, 0.1) is 6.61 Å². The van der Waals surface area contributed by atoms with E-state index >= 15 is 0 Å². The number of halogens is 1. The molecule has 0 spiro atoms. The van der Waals surface area contributed by atoms with Crippen LogP contribution in [0, 0.1) is 0 Å². The van der Waals surface area contributed by atoms with Crippen LogP contribution < -0.4 is 4.74 Å². The fourth-order valence-corrected chi connectivity index (χ4v) is 1.82. The van der Waals surface area contributed by atoms with Crippen molar-refractivity contribution in [2.24, 2.45) is 0 Å². The molecule has 0 aliphatic rings. The average molecular weight is 301 g/mol. The van der Waals surface area contributed by atoms with Crippen LogP contribution >= 0.6 is 15.9 Å². The Morgan fingerprint density at radius 1 is 1.41 bits per heavy atom. The average Bonchev–Trinajstić information content (AvgIpc) is 2.27. The van der Waals surface area contributed by atoms with Crippen LogP contribution in [0.2, 0.25) is 0 Å². The van der Waals surface area contributed by atoms with Gasteiger partial charge in [-0.25, -0.2) is 4.79 Å². The van der Waals surface area contributed by atoms with Gasteiger partial charge in [0.1, 0.15) is 5.75 Å². The Hall–Kier alpha value is -1.03. The van der Waals surface area contributed by atoms with Crippen LogP contribution in [0.15, 0.2) is 22.7 Å². The Morgan fingerprint density at radius 3 is 2.71 bits per heavy atom. The van der Waals surface area contributed by atoms with E-state index in [9.17, 15) is 4.79 Å². The van der Waals surface area contributed by atoms with Crippen LogP contribution in [-0.4, -0.2) is 19.2 Å². The minimum atomic E-state index is -0.342. The number of hydrogen-bond acceptors (Lipinski definition) is 3. The normalized spacial score (nSPS) is 10.4. The number of rotatable bonds is 5. The summed E-state index contributed by atoms with van der Waals surface area (Å²) in [5, 5.41) is 0. The lowest BCUT2D eigenvalue weighted by molar-refractivity contribution is -0.145. The molecule has 1 aromatic rings. The van der Waals surface area contributed by atoms with Gasteiger partial charge in [0.25, 0.3) is 0 Å². The molecule has 0 saturated heterocycles.